The lowest BCUT2D eigenvalue weighted by Gasteiger charge is -2.56. The summed E-state index contributed by atoms with van der Waals surface area (Å²) in [6.07, 6.45) is 0.887. The number of sulfonamides is 1. The number of nitrogens with one attached hydrogen (secondary N) is 1. The van der Waals surface area contributed by atoms with Crippen LogP contribution < -0.4 is 0 Å². The topological polar surface area (TPSA) is 95.4 Å². The summed E-state index contributed by atoms with van der Waals surface area (Å²) in [4.78, 5) is 0. The van der Waals surface area contributed by atoms with Crippen LogP contribution in [-0.4, -0.2) is 51.6 Å². The Morgan fingerprint density at radius 2 is 1.69 bits per heavy atom. The van der Waals surface area contributed by atoms with E-state index in [0.717, 1.165) is 6.26 Å². The molecule has 1 fully saturated rings. The smallest absolute Gasteiger partial charge is 0.240 e. The SMILES string of the molecule is CC(C)(C)[Si](C)(C)N1CC(C(=N)c2ccc(Cl)cc2)(S(C)(=O)=O)S1(=O)=O. The van der Waals surface area contributed by atoms with E-state index in [9.17, 15) is 16.8 Å². The monoisotopic (exact) mass is 436 g/mol. The fraction of sp³-hybridized carbons (Fsp3) is 0.562. The first-order valence-corrected chi connectivity index (χ1v) is 14.7. The minimum absolute atomic E-state index is 0.216. The highest BCUT2D eigenvalue weighted by molar-refractivity contribution is 8.12. The van der Waals surface area contributed by atoms with E-state index in [-0.39, 0.29) is 17.1 Å². The molecule has 0 aliphatic carbocycles. The summed E-state index contributed by atoms with van der Waals surface area (Å²) in [6.45, 7) is 9.47. The van der Waals surface area contributed by atoms with Crippen molar-refractivity contribution in [1.82, 2.24) is 3.97 Å². The highest BCUT2D eigenvalue weighted by Crippen LogP contribution is 2.50. The molecule has 146 valence electrons. The van der Waals surface area contributed by atoms with Crippen molar-refractivity contribution >= 4 is 45.4 Å². The summed E-state index contributed by atoms with van der Waals surface area (Å²) in [7, 11) is -10.8. The lowest BCUT2D eigenvalue weighted by molar-refractivity contribution is 0.432. The van der Waals surface area contributed by atoms with E-state index in [0.29, 0.717) is 5.02 Å². The van der Waals surface area contributed by atoms with E-state index in [4.69, 9.17) is 17.0 Å². The molecular weight excluding hydrogens is 412 g/mol. The van der Waals surface area contributed by atoms with Gasteiger partial charge in [-0.25, -0.2) is 20.8 Å². The highest BCUT2D eigenvalue weighted by atomic mass is 35.5. The third-order valence-electron chi connectivity index (χ3n) is 5.63. The van der Waals surface area contributed by atoms with Gasteiger partial charge in [0.1, 0.15) is 8.24 Å². The maximum Gasteiger partial charge on any atom is 0.240 e. The van der Waals surface area contributed by atoms with Gasteiger partial charge in [0.2, 0.25) is 14.1 Å². The van der Waals surface area contributed by atoms with Crippen molar-refractivity contribution in [3.8, 4) is 0 Å². The van der Waals surface area contributed by atoms with E-state index in [2.05, 4.69) is 0 Å². The van der Waals surface area contributed by atoms with Gasteiger partial charge in [0, 0.05) is 17.8 Å². The molecule has 1 heterocycles. The number of nitrogens with zero attached hydrogens (tertiary/aromatic N) is 1. The van der Waals surface area contributed by atoms with Crippen molar-refractivity contribution < 1.29 is 16.8 Å². The minimum atomic E-state index is -4.23. The number of halogens is 1. The molecule has 1 N–H and O–H groups in total. The third kappa shape index (κ3) is 2.88. The van der Waals surface area contributed by atoms with Crippen molar-refractivity contribution in [2.24, 2.45) is 0 Å². The molecule has 2 rings (SSSR count). The van der Waals surface area contributed by atoms with E-state index in [1.807, 2.05) is 33.9 Å². The standard InChI is InChI=1S/C16H25ClN2O4S2Si/c1-15(2,3)26(5,6)19-11-16(24(4,20)21,25(19,22)23)14(18)12-7-9-13(17)10-8-12/h7-10,18H,11H2,1-6H3. The Balaban J connectivity index is 2.63. The van der Waals surface area contributed by atoms with E-state index in [1.54, 1.807) is 0 Å². The van der Waals surface area contributed by atoms with Gasteiger partial charge in [-0.05, 0) is 22.7 Å². The summed E-state index contributed by atoms with van der Waals surface area (Å²) in [5.41, 5.74) is -0.190. The number of sulfone groups is 1. The largest absolute Gasteiger partial charge is 0.302 e. The molecule has 1 aliphatic rings. The molecule has 6 nitrogen and oxygen atoms in total. The molecular formula is C16H25ClN2O4S2Si. The van der Waals surface area contributed by atoms with Crippen LogP contribution in [0.15, 0.2) is 24.3 Å². The number of benzene rings is 1. The van der Waals surface area contributed by atoms with Crippen molar-refractivity contribution in [2.75, 3.05) is 12.8 Å². The van der Waals surface area contributed by atoms with Gasteiger partial charge >= 0.3 is 0 Å². The summed E-state index contributed by atoms with van der Waals surface area (Å²) >= 11 is 5.85. The van der Waals surface area contributed by atoms with Gasteiger partial charge in [-0.2, -0.15) is 0 Å². The summed E-state index contributed by atoms with van der Waals surface area (Å²) in [5.74, 6) is 0. The van der Waals surface area contributed by atoms with Crippen molar-refractivity contribution in [3.05, 3.63) is 34.9 Å². The minimum Gasteiger partial charge on any atom is -0.302 e. The van der Waals surface area contributed by atoms with Crippen LogP contribution in [0, 0.1) is 5.41 Å². The van der Waals surface area contributed by atoms with Gasteiger partial charge in [0.05, 0.1) is 5.71 Å². The van der Waals surface area contributed by atoms with E-state index >= 15 is 0 Å². The molecule has 1 unspecified atom stereocenters. The number of hydrogen-bond acceptors (Lipinski definition) is 5. The highest BCUT2D eigenvalue weighted by Gasteiger charge is 2.72. The van der Waals surface area contributed by atoms with Crippen molar-refractivity contribution in [3.63, 3.8) is 0 Å². The molecule has 0 aromatic heterocycles. The average molecular weight is 437 g/mol. The zero-order chi connectivity index (χ0) is 20.3. The quantitative estimate of drug-likeness (QED) is 0.579. The Morgan fingerprint density at radius 1 is 1.23 bits per heavy atom. The number of rotatable bonds is 4. The fourth-order valence-electron chi connectivity index (χ4n) is 2.88. The first-order chi connectivity index (χ1) is 11.5. The lowest BCUT2D eigenvalue weighted by Crippen LogP contribution is -2.79. The molecule has 1 atom stereocenters. The summed E-state index contributed by atoms with van der Waals surface area (Å²) in [5, 5.41) is 8.59. The second kappa shape index (κ2) is 6.13. The summed E-state index contributed by atoms with van der Waals surface area (Å²) < 4.78 is 50.9. The van der Waals surface area contributed by atoms with Crippen LogP contribution in [0.2, 0.25) is 23.2 Å². The number of hydrogen-bond donors (Lipinski definition) is 1. The van der Waals surface area contributed by atoms with Gasteiger partial charge in [-0.3, -0.25) is 0 Å². The molecule has 1 aliphatic heterocycles. The molecule has 26 heavy (non-hydrogen) atoms. The zero-order valence-corrected chi connectivity index (χ0v) is 19.2. The first-order valence-electron chi connectivity index (χ1n) is 8.07. The Kier molecular flexibility index (Phi) is 5.08. The fourth-order valence-corrected chi connectivity index (χ4v) is 12.4. The van der Waals surface area contributed by atoms with Crippen LogP contribution in [-0.2, 0) is 19.9 Å². The predicted octanol–water partition coefficient (Wildman–Crippen LogP) is 3.10. The Bertz CT molecular complexity index is 951. The molecule has 10 heteroatoms. The predicted molar refractivity (Wildman–Crippen MR) is 109 cm³/mol. The van der Waals surface area contributed by atoms with Crippen LogP contribution in [0.4, 0.5) is 0 Å². The Labute approximate surface area is 162 Å². The van der Waals surface area contributed by atoms with Gasteiger partial charge in [-0.1, -0.05) is 57.6 Å². The van der Waals surface area contributed by atoms with Crippen LogP contribution in [0.1, 0.15) is 26.3 Å². The second-order valence-corrected chi connectivity index (χ2v) is 18.7. The van der Waals surface area contributed by atoms with Crippen LogP contribution in [0.25, 0.3) is 0 Å². The average Bonchev–Trinajstić information content (AvgIpc) is 2.44. The molecule has 0 amide bonds. The van der Waals surface area contributed by atoms with Gasteiger partial charge in [0.25, 0.3) is 0 Å². The molecule has 0 spiro atoms. The molecule has 0 bridgehead atoms. The van der Waals surface area contributed by atoms with Crippen molar-refractivity contribution in [2.45, 2.75) is 43.0 Å². The maximum atomic E-state index is 13.3. The Morgan fingerprint density at radius 3 is 2.04 bits per heavy atom. The summed E-state index contributed by atoms with van der Waals surface area (Å²) in [6, 6.07) is 5.97. The third-order valence-corrected chi connectivity index (χ3v) is 18.0. The van der Waals surface area contributed by atoms with Gasteiger partial charge in [0.15, 0.2) is 9.84 Å². The molecule has 0 radical (unpaired) electrons. The van der Waals surface area contributed by atoms with E-state index in [1.165, 1.54) is 28.2 Å². The molecule has 1 aromatic rings. The second-order valence-electron chi connectivity index (χ2n) is 8.23. The van der Waals surface area contributed by atoms with Gasteiger partial charge < -0.3 is 5.41 Å². The van der Waals surface area contributed by atoms with Crippen LogP contribution >= 0.6 is 11.6 Å². The van der Waals surface area contributed by atoms with Gasteiger partial charge in [-0.15, -0.1) is 0 Å². The zero-order valence-electron chi connectivity index (χ0n) is 15.8. The van der Waals surface area contributed by atoms with Crippen molar-refractivity contribution in [1.29, 1.82) is 5.41 Å². The Hall–Kier alpha value is -0.743. The lowest BCUT2D eigenvalue weighted by atomic mass is 10.1. The molecule has 0 saturated carbocycles. The normalized spacial score (nSPS) is 24.1. The first kappa shape index (κ1) is 21.6. The maximum absolute atomic E-state index is 13.3. The van der Waals surface area contributed by atoms with Crippen LogP contribution in [0.5, 0.6) is 0 Å². The molecule has 1 saturated heterocycles. The van der Waals surface area contributed by atoms with Crippen LogP contribution in [0.3, 0.4) is 0 Å². The van der Waals surface area contributed by atoms with E-state index < -0.39 is 37.9 Å². The molecule has 1 aromatic carbocycles.